The van der Waals surface area contributed by atoms with Crippen LogP contribution < -0.4 is 0 Å². The molecule has 1 aromatic heterocycles. The van der Waals surface area contributed by atoms with Gasteiger partial charge in [0.15, 0.2) is 0 Å². The maximum absolute atomic E-state index is 12.7. The molecule has 0 aliphatic carbocycles. The monoisotopic (exact) mass is 298 g/mol. The lowest BCUT2D eigenvalue weighted by Crippen LogP contribution is -2.07. The number of alkyl halides is 2. The van der Waals surface area contributed by atoms with Gasteiger partial charge in [-0.1, -0.05) is 30.3 Å². The highest BCUT2D eigenvalue weighted by Crippen LogP contribution is 2.25. The summed E-state index contributed by atoms with van der Waals surface area (Å²) < 4.78 is 12.7. The molecule has 0 aliphatic rings. The van der Waals surface area contributed by atoms with Gasteiger partial charge in [0.2, 0.25) is 10.9 Å². The fourth-order valence-corrected chi connectivity index (χ4v) is 2.36. The second kappa shape index (κ2) is 4.89. The minimum absolute atomic E-state index is 0.379. The lowest BCUT2D eigenvalue weighted by atomic mass is 10.1. The largest absolute Gasteiger partial charge is 0.290 e. The molecule has 0 amide bonds. The fraction of sp³-hybridized carbons (Fsp3) is 0.0833. The Morgan fingerprint density at radius 3 is 2.44 bits per heavy atom. The summed E-state index contributed by atoms with van der Waals surface area (Å²) in [6, 6.07) is 10.9. The zero-order valence-electron chi connectivity index (χ0n) is 8.19. The number of hydrogen-bond acceptors (Lipinski definition) is 2. The minimum Gasteiger partial charge on any atom is -0.290 e. The van der Waals surface area contributed by atoms with E-state index in [1.807, 2.05) is 29.6 Å². The molecule has 0 saturated heterocycles. The highest BCUT2D eigenvalue weighted by molar-refractivity contribution is 9.09. The molecule has 0 bridgehead atoms. The molecule has 0 N–H and O–H groups in total. The van der Waals surface area contributed by atoms with Gasteiger partial charge in [-0.15, -0.1) is 11.3 Å². The van der Waals surface area contributed by atoms with E-state index >= 15 is 0 Å². The third-order valence-electron chi connectivity index (χ3n) is 2.17. The minimum atomic E-state index is -1.62. The molecule has 1 atom stereocenters. The zero-order chi connectivity index (χ0) is 11.5. The van der Waals surface area contributed by atoms with Gasteiger partial charge in [0.05, 0.1) is 0 Å². The summed E-state index contributed by atoms with van der Waals surface area (Å²) in [6.07, 6.45) is 0. The van der Waals surface area contributed by atoms with E-state index < -0.39 is 10.9 Å². The third kappa shape index (κ3) is 2.39. The van der Waals surface area contributed by atoms with Crippen molar-refractivity contribution in [1.82, 2.24) is 0 Å². The molecule has 0 radical (unpaired) electrons. The summed E-state index contributed by atoms with van der Waals surface area (Å²) in [5, 5.41) is 0.366. The average Bonchev–Trinajstić information content (AvgIpc) is 2.81. The highest BCUT2D eigenvalue weighted by Gasteiger charge is 2.15. The van der Waals surface area contributed by atoms with E-state index in [4.69, 9.17) is 0 Å². The predicted octanol–water partition coefficient (Wildman–Crippen LogP) is 4.29. The number of carbonyl (C=O) groups is 1. The van der Waals surface area contributed by atoms with E-state index in [0.29, 0.717) is 5.56 Å². The van der Waals surface area contributed by atoms with Crippen LogP contribution in [0.5, 0.6) is 0 Å². The Hall–Kier alpha value is -1.00. The molecule has 1 aromatic carbocycles. The van der Waals surface area contributed by atoms with Gasteiger partial charge in [0.1, 0.15) is 0 Å². The van der Waals surface area contributed by atoms with E-state index in [-0.39, 0.29) is 0 Å². The number of thiophene rings is 1. The van der Waals surface area contributed by atoms with Crippen molar-refractivity contribution in [1.29, 1.82) is 0 Å². The molecule has 2 aromatic rings. The molecule has 0 saturated carbocycles. The first-order valence-corrected chi connectivity index (χ1v) is 6.44. The Labute approximate surface area is 105 Å². The third-order valence-corrected chi connectivity index (χ3v) is 3.51. The number of benzene rings is 1. The molecule has 16 heavy (non-hydrogen) atoms. The van der Waals surface area contributed by atoms with Crippen molar-refractivity contribution in [2.45, 2.75) is 5.08 Å². The molecule has 1 heterocycles. The van der Waals surface area contributed by atoms with Crippen molar-refractivity contribution in [3.63, 3.8) is 0 Å². The van der Waals surface area contributed by atoms with E-state index in [0.717, 1.165) is 10.4 Å². The average molecular weight is 299 g/mol. The summed E-state index contributed by atoms with van der Waals surface area (Å²) in [4.78, 5) is 12.5. The Bertz CT molecular complexity index is 476. The first-order chi connectivity index (χ1) is 7.68. The maximum atomic E-state index is 12.7. The zero-order valence-corrected chi connectivity index (χ0v) is 10.6. The lowest BCUT2D eigenvalue weighted by molar-refractivity contribution is 0.0942. The number of halogens is 2. The highest BCUT2D eigenvalue weighted by atomic mass is 79.9. The number of Topliss-reactive ketones (excluding diaryl/α,β-unsaturated/α-hetero) is 1. The van der Waals surface area contributed by atoms with Gasteiger partial charge in [0, 0.05) is 10.4 Å². The van der Waals surface area contributed by atoms with Gasteiger partial charge in [0.25, 0.3) is 0 Å². The molecule has 1 nitrogen and oxygen atoms in total. The predicted molar refractivity (Wildman–Crippen MR) is 67.9 cm³/mol. The number of rotatable bonds is 3. The van der Waals surface area contributed by atoms with Gasteiger partial charge in [-0.25, -0.2) is 4.39 Å². The van der Waals surface area contributed by atoms with Crippen LogP contribution in [0.2, 0.25) is 0 Å². The van der Waals surface area contributed by atoms with Crippen LogP contribution in [0.4, 0.5) is 4.39 Å². The standard InChI is InChI=1S/C12H8BrFOS/c13-12(14)11(15)9-5-3-8(4-6-9)10-2-1-7-16-10/h1-7,12H. The van der Waals surface area contributed by atoms with Gasteiger partial charge < -0.3 is 0 Å². The van der Waals surface area contributed by atoms with Crippen molar-refractivity contribution in [2.75, 3.05) is 0 Å². The molecule has 0 fully saturated rings. The van der Waals surface area contributed by atoms with Crippen LogP contribution in [0.3, 0.4) is 0 Å². The first kappa shape index (κ1) is 11.5. The van der Waals surface area contributed by atoms with Crippen molar-refractivity contribution < 1.29 is 9.18 Å². The molecule has 1 unspecified atom stereocenters. The molecule has 0 aliphatic heterocycles. The van der Waals surface area contributed by atoms with Crippen LogP contribution in [0, 0.1) is 0 Å². The number of carbonyl (C=O) groups excluding carboxylic acids is 1. The molecule has 0 spiro atoms. The Kier molecular flexibility index (Phi) is 3.51. The summed E-state index contributed by atoms with van der Waals surface area (Å²) in [5.74, 6) is -0.544. The Morgan fingerprint density at radius 2 is 1.94 bits per heavy atom. The van der Waals surface area contributed by atoms with Gasteiger partial charge in [-0.3, -0.25) is 4.79 Å². The van der Waals surface area contributed by atoms with Crippen LogP contribution in [0.25, 0.3) is 10.4 Å². The Balaban J connectivity index is 2.27. The van der Waals surface area contributed by atoms with Crippen LogP contribution in [-0.2, 0) is 0 Å². The number of ketones is 1. The molecule has 2 rings (SSSR count). The second-order valence-corrected chi connectivity index (χ2v) is 4.97. The van der Waals surface area contributed by atoms with Crippen LogP contribution in [0.1, 0.15) is 10.4 Å². The maximum Gasteiger partial charge on any atom is 0.217 e. The molecular weight excluding hydrogens is 291 g/mol. The fourth-order valence-electron chi connectivity index (χ4n) is 1.37. The van der Waals surface area contributed by atoms with Crippen molar-refractivity contribution in [2.24, 2.45) is 0 Å². The summed E-state index contributed by atoms with van der Waals surface area (Å²) in [7, 11) is 0. The Morgan fingerprint density at radius 1 is 1.25 bits per heavy atom. The van der Waals surface area contributed by atoms with Crippen molar-refractivity contribution >= 4 is 33.0 Å². The molecule has 82 valence electrons. The van der Waals surface area contributed by atoms with Crippen LogP contribution in [-0.4, -0.2) is 10.9 Å². The van der Waals surface area contributed by atoms with E-state index in [1.165, 1.54) is 0 Å². The van der Waals surface area contributed by atoms with Gasteiger partial charge in [-0.05, 0) is 32.9 Å². The van der Waals surface area contributed by atoms with E-state index in [1.54, 1.807) is 23.5 Å². The first-order valence-electron chi connectivity index (χ1n) is 4.65. The van der Waals surface area contributed by atoms with E-state index in [2.05, 4.69) is 15.9 Å². The summed E-state index contributed by atoms with van der Waals surface area (Å²) in [6.45, 7) is 0. The van der Waals surface area contributed by atoms with Gasteiger partial charge in [-0.2, -0.15) is 0 Å². The van der Waals surface area contributed by atoms with Crippen molar-refractivity contribution in [3.8, 4) is 10.4 Å². The summed E-state index contributed by atoms with van der Waals surface area (Å²) >= 11 is 4.25. The summed E-state index contributed by atoms with van der Waals surface area (Å²) in [5.41, 5.74) is 1.42. The molecular formula is C12H8BrFOS. The normalized spacial score (nSPS) is 12.4. The lowest BCUT2D eigenvalue weighted by Gasteiger charge is -2.02. The quantitative estimate of drug-likeness (QED) is 0.610. The van der Waals surface area contributed by atoms with Crippen LogP contribution in [0.15, 0.2) is 41.8 Å². The van der Waals surface area contributed by atoms with Gasteiger partial charge >= 0.3 is 0 Å². The van der Waals surface area contributed by atoms with Crippen LogP contribution >= 0.6 is 27.3 Å². The van der Waals surface area contributed by atoms with Crippen molar-refractivity contribution in [3.05, 3.63) is 47.3 Å². The number of hydrogen-bond donors (Lipinski definition) is 0. The second-order valence-electron chi connectivity index (χ2n) is 3.22. The SMILES string of the molecule is O=C(c1ccc(-c2cccs2)cc1)C(F)Br. The molecule has 4 heteroatoms. The smallest absolute Gasteiger partial charge is 0.217 e. The van der Waals surface area contributed by atoms with E-state index in [9.17, 15) is 9.18 Å². The topological polar surface area (TPSA) is 17.1 Å².